The fourth-order valence-electron chi connectivity index (χ4n) is 4.83. The van der Waals surface area contributed by atoms with Crippen LogP contribution in [0, 0.1) is 5.92 Å². The van der Waals surface area contributed by atoms with Crippen molar-refractivity contribution < 1.29 is 14.3 Å². The number of nitrogens with one attached hydrogen (secondary N) is 1. The molecule has 6 heteroatoms. The number of amides is 1. The summed E-state index contributed by atoms with van der Waals surface area (Å²) in [5.74, 6) is 2.13. The molecule has 3 aliphatic rings. The Labute approximate surface area is 168 Å². The molecule has 4 rings (SSSR count). The van der Waals surface area contributed by atoms with Crippen LogP contribution in [-0.4, -0.2) is 68.2 Å². The average molecular weight is 388 g/mol. The standard InChI is InChI=1S/C22H33N3O3/c1-24-12-3-8-22(9-13-24)16-25(21(26)17-6-10-23-11-7-17)15-18-14-19(27-2)4-5-20(18)28-22/h4-5,14,17,23H,3,6-13,15-16H2,1-2H3. The number of fused-ring (bicyclic) bond motifs is 1. The predicted molar refractivity (Wildman–Crippen MR) is 109 cm³/mol. The molecule has 0 aliphatic carbocycles. The Morgan fingerprint density at radius 1 is 1.25 bits per heavy atom. The highest BCUT2D eigenvalue weighted by molar-refractivity contribution is 5.79. The highest BCUT2D eigenvalue weighted by Gasteiger charge is 2.41. The Balaban J connectivity index is 1.65. The molecular formula is C22H33N3O3. The third kappa shape index (κ3) is 4.13. The van der Waals surface area contributed by atoms with E-state index in [0.29, 0.717) is 13.1 Å². The zero-order valence-electron chi connectivity index (χ0n) is 17.2. The summed E-state index contributed by atoms with van der Waals surface area (Å²) in [6.45, 7) is 5.24. The normalized spacial score (nSPS) is 26.9. The first-order valence-electron chi connectivity index (χ1n) is 10.6. The van der Waals surface area contributed by atoms with Gasteiger partial charge >= 0.3 is 0 Å². The highest BCUT2D eigenvalue weighted by atomic mass is 16.5. The molecule has 1 spiro atoms. The van der Waals surface area contributed by atoms with Gasteiger partial charge in [-0.25, -0.2) is 0 Å². The molecule has 1 aromatic rings. The molecule has 1 aromatic carbocycles. The molecule has 2 fully saturated rings. The van der Waals surface area contributed by atoms with E-state index in [1.165, 1.54) is 0 Å². The summed E-state index contributed by atoms with van der Waals surface area (Å²) in [7, 11) is 3.85. The summed E-state index contributed by atoms with van der Waals surface area (Å²) in [5, 5.41) is 3.37. The quantitative estimate of drug-likeness (QED) is 0.844. The van der Waals surface area contributed by atoms with Crippen LogP contribution < -0.4 is 14.8 Å². The zero-order chi connectivity index (χ0) is 19.6. The van der Waals surface area contributed by atoms with E-state index in [1.54, 1.807) is 7.11 Å². The van der Waals surface area contributed by atoms with Crippen LogP contribution in [-0.2, 0) is 11.3 Å². The van der Waals surface area contributed by atoms with Gasteiger partial charge in [0.05, 0.1) is 13.7 Å². The molecular weight excluding hydrogens is 354 g/mol. The molecule has 1 atom stereocenters. The number of carbonyl (C=O) groups is 1. The van der Waals surface area contributed by atoms with Crippen LogP contribution in [0.5, 0.6) is 11.5 Å². The van der Waals surface area contributed by atoms with Gasteiger partial charge in [0.15, 0.2) is 0 Å². The van der Waals surface area contributed by atoms with E-state index in [4.69, 9.17) is 9.47 Å². The van der Waals surface area contributed by atoms with E-state index in [0.717, 1.165) is 75.3 Å². The minimum absolute atomic E-state index is 0.124. The lowest BCUT2D eigenvalue weighted by Crippen LogP contribution is -2.50. The van der Waals surface area contributed by atoms with Gasteiger partial charge in [0, 0.05) is 31.0 Å². The first kappa shape index (κ1) is 19.5. The second-order valence-corrected chi connectivity index (χ2v) is 8.63. The van der Waals surface area contributed by atoms with Gasteiger partial charge < -0.3 is 24.6 Å². The van der Waals surface area contributed by atoms with E-state index in [1.807, 2.05) is 18.2 Å². The number of rotatable bonds is 2. The van der Waals surface area contributed by atoms with Crippen molar-refractivity contribution in [1.82, 2.24) is 15.1 Å². The Bertz CT molecular complexity index is 704. The molecule has 28 heavy (non-hydrogen) atoms. The average Bonchev–Trinajstić information content (AvgIpc) is 3.00. The van der Waals surface area contributed by atoms with Crippen LogP contribution in [0.15, 0.2) is 18.2 Å². The van der Waals surface area contributed by atoms with Crippen LogP contribution in [0.2, 0.25) is 0 Å². The summed E-state index contributed by atoms with van der Waals surface area (Å²) in [6.07, 6.45) is 4.88. The Hall–Kier alpha value is -1.79. The Kier molecular flexibility index (Phi) is 5.78. The monoisotopic (exact) mass is 387 g/mol. The number of likely N-dealkylation sites (tertiary alicyclic amines) is 1. The molecule has 154 valence electrons. The largest absolute Gasteiger partial charge is 0.497 e. The van der Waals surface area contributed by atoms with Crippen molar-refractivity contribution in [3.8, 4) is 11.5 Å². The van der Waals surface area contributed by atoms with E-state index in [2.05, 4.69) is 22.2 Å². The molecule has 3 heterocycles. The van der Waals surface area contributed by atoms with Crippen molar-refractivity contribution in [3.05, 3.63) is 23.8 Å². The first-order chi connectivity index (χ1) is 13.6. The molecule has 1 amide bonds. The smallest absolute Gasteiger partial charge is 0.226 e. The summed E-state index contributed by atoms with van der Waals surface area (Å²) < 4.78 is 12.1. The molecule has 0 aromatic heterocycles. The second kappa shape index (κ2) is 8.29. The van der Waals surface area contributed by atoms with Crippen LogP contribution >= 0.6 is 0 Å². The number of nitrogens with zero attached hydrogens (tertiary/aromatic N) is 2. The van der Waals surface area contributed by atoms with Gasteiger partial charge in [-0.3, -0.25) is 4.79 Å². The van der Waals surface area contributed by atoms with Crippen molar-refractivity contribution in [2.45, 2.75) is 44.2 Å². The molecule has 0 bridgehead atoms. The SMILES string of the molecule is COc1ccc2c(c1)CN(C(=O)C1CCNCC1)CC1(CCCN(C)CC1)O2. The van der Waals surface area contributed by atoms with Gasteiger partial charge in [0.2, 0.25) is 5.91 Å². The van der Waals surface area contributed by atoms with E-state index in [9.17, 15) is 4.79 Å². The molecule has 0 saturated carbocycles. The zero-order valence-corrected chi connectivity index (χ0v) is 17.2. The highest BCUT2D eigenvalue weighted by Crippen LogP contribution is 2.37. The van der Waals surface area contributed by atoms with Crippen molar-refractivity contribution in [1.29, 1.82) is 0 Å². The molecule has 3 aliphatic heterocycles. The minimum atomic E-state index is -0.298. The summed E-state index contributed by atoms with van der Waals surface area (Å²) in [6, 6.07) is 6.00. The Morgan fingerprint density at radius 3 is 2.86 bits per heavy atom. The van der Waals surface area contributed by atoms with Crippen LogP contribution in [0.1, 0.15) is 37.7 Å². The third-order valence-corrected chi connectivity index (χ3v) is 6.56. The van der Waals surface area contributed by atoms with Gasteiger partial charge in [-0.05, 0) is 70.6 Å². The maximum absolute atomic E-state index is 13.4. The van der Waals surface area contributed by atoms with E-state index < -0.39 is 0 Å². The topological polar surface area (TPSA) is 54.0 Å². The fraction of sp³-hybridized carbons (Fsp3) is 0.682. The van der Waals surface area contributed by atoms with E-state index in [-0.39, 0.29) is 17.4 Å². The molecule has 1 unspecified atom stereocenters. The second-order valence-electron chi connectivity index (χ2n) is 8.63. The van der Waals surface area contributed by atoms with Gasteiger partial charge in [0.1, 0.15) is 17.1 Å². The molecule has 6 nitrogen and oxygen atoms in total. The summed E-state index contributed by atoms with van der Waals surface area (Å²) in [4.78, 5) is 17.9. The minimum Gasteiger partial charge on any atom is -0.497 e. The number of carbonyl (C=O) groups excluding carboxylic acids is 1. The lowest BCUT2D eigenvalue weighted by atomic mass is 9.91. The van der Waals surface area contributed by atoms with Crippen LogP contribution in [0.3, 0.4) is 0 Å². The third-order valence-electron chi connectivity index (χ3n) is 6.56. The lowest BCUT2D eigenvalue weighted by molar-refractivity contribution is -0.139. The fourth-order valence-corrected chi connectivity index (χ4v) is 4.83. The van der Waals surface area contributed by atoms with Gasteiger partial charge in [-0.1, -0.05) is 0 Å². The van der Waals surface area contributed by atoms with E-state index >= 15 is 0 Å². The van der Waals surface area contributed by atoms with Crippen molar-refractivity contribution in [3.63, 3.8) is 0 Å². The number of hydrogen-bond donors (Lipinski definition) is 1. The van der Waals surface area contributed by atoms with Crippen molar-refractivity contribution in [2.24, 2.45) is 5.92 Å². The van der Waals surface area contributed by atoms with Gasteiger partial charge in [-0.2, -0.15) is 0 Å². The lowest BCUT2D eigenvalue weighted by Gasteiger charge is -2.37. The summed E-state index contributed by atoms with van der Waals surface area (Å²) >= 11 is 0. The van der Waals surface area contributed by atoms with Crippen LogP contribution in [0.25, 0.3) is 0 Å². The first-order valence-corrected chi connectivity index (χ1v) is 10.6. The number of methoxy groups -OCH3 is 1. The maximum Gasteiger partial charge on any atom is 0.226 e. The number of hydrogen-bond acceptors (Lipinski definition) is 5. The van der Waals surface area contributed by atoms with Crippen molar-refractivity contribution >= 4 is 5.91 Å². The molecule has 0 radical (unpaired) electrons. The van der Waals surface area contributed by atoms with Crippen LogP contribution in [0.4, 0.5) is 0 Å². The molecule has 2 saturated heterocycles. The maximum atomic E-state index is 13.4. The van der Waals surface area contributed by atoms with Gasteiger partial charge in [-0.15, -0.1) is 0 Å². The van der Waals surface area contributed by atoms with Crippen molar-refractivity contribution in [2.75, 3.05) is 46.9 Å². The summed E-state index contributed by atoms with van der Waals surface area (Å²) in [5.41, 5.74) is 0.754. The number of benzene rings is 1. The number of ether oxygens (including phenoxy) is 2. The number of piperidine rings is 1. The molecule has 1 N–H and O–H groups in total. The van der Waals surface area contributed by atoms with Gasteiger partial charge in [0.25, 0.3) is 0 Å². The predicted octanol–water partition coefficient (Wildman–Crippen LogP) is 2.27. The Morgan fingerprint density at radius 2 is 2.07 bits per heavy atom.